The van der Waals surface area contributed by atoms with E-state index >= 15 is 0 Å². The molecular weight excluding hydrogens is 457 g/mol. The molecule has 0 aliphatic carbocycles. The predicted molar refractivity (Wildman–Crippen MR) is 117 cm³/mol. The third-order valence-corrected chi connectivity index (χ3v) is 5.32. The van der Waals surface area contributed by atoms with E-state index in [1.54, 1.807) is 42.5 Å². The predicted octanol–water partition coefficient (Wildman–Crippen LogP) is 6.67. The Morgan fingerprint density at radius 3 is 2.52 bits per heavy atom. The van der Waals surface area contributed by atoms with Gasteiger partial charge in [0.05, 0.1) is 35.8 Å². The minimum atomic E-state index is -4.61. The monoisotopic (exact) mass is 472 g/mol. The summed E-state index contributed by atoms with van der Waals surface area (Å²) in [4.78, 5) is 17.8. The number of amides is 1. The first-order chi connectivity index (χ1) is 15.7. The molecular formula is C24H16ClF3N2O3. The second-order valence-electron chi connectivity index (χ2n) is 7.22. The number of nitrogens with zero attached hydrogens (tertiary/aromatic N) is 2. The molecule has 168 valence electrons. The number of hydrogen-bond acceptors (Lipinski definition) is 3. The standard InChI is InChI=1S/C24H16ClF3N2O3/c1-29-16-3-5-17(6-4-16)33-18-7-9-22-21(14-18)30(10-11-32-22)23(31)13-15-2-8-20(25)19(12-15)24(26,27)28/h2-9,12,14H,10-11,13H2. The highest BCUT2D eigenvalue weighted by Gasteiger charge is 2.33. The lowest BCUT2D eigenvalue weighted by molar-refractivity contribution is -0.137. The van der Waals surface area contributed by atoms with Crippen LogP contribution in [0.1, 0.15) is 11.1 Å². The van der Waals surface area contributed by atoms with Crippen LogP contribution in [-0.2, 0) is 17.4 Å². The Morgan fingerprint density at radius 2 is 1.82 bits per heavy atom. The Balaban J connectivity index is 1.56. The van der Waals surface area contributed by atoms with Gasteiger partial charge in [0, 0.05) is 6.07 Å². The molecule has 0 N–H and O–H groups in total. The van der Waals surface area contributed by atoms with Crippen molar-refractivity contribution in [2.24, 2.45) is 0 Å². The number of halogens is 4. The number of anilines is 1. The Bertz CT molecular complexity index is 1240. The van der Waals surface area contributed by atoms with Crippen molar-refractivity contribution in [2.45, 2.75) is 12.6 Å². The highest BCUT2D eigenvalue weighted by atomic mass is 35.5. The topological polar surface area (TPSA) is 43.1 Å². The molecule has 0 bridgehead atoms. The van der Waals surface area contributed by atoms with Gasteiger partial charge in [0.1, 0.15) is 23.9 Å². The number of ether oxygens (including phenoxy) is 2. The van der Waals surface area contributed by atoms with Crippen LogP contribution < -0.4 is 14.4 Å². The van der Waals surface area contributed by atoms with Crippen LogP contribution >= 0.6 is 11.6 Å². The first kappa shape index (κ1) is 22.5. The summed E-state index contributed by atoms with van der Waals surface area (Å²) < 4.78 is 50.9. The van der Waals surface area contributed by atoms with E-state index < -0.39 is 16.8 Å². The SMILES string of the molecule is [C-]#[N+]c1ccc(Oc2ccc3c(c2)N(C(=O)Cc2ccc(Cl)c(C(F)(F)F)c2)CCO3)cc1. The fourth-order valence-electron chi connectivity index (χ4n) is 3.41. The summed E-state index contributed by atoms with van der Waals surface area (Å²) >= 11 is 5.67. The third kappa shape index (κ3) is 5.04. The van der Waals surface area contributed by atoms with Crippen LogP contribution in [-0.4, -0.2) is 19.1 Å². The summed E-state index contributed by atoms with van der Waals surface area (Å²) in [6, 6.07) is 15.0. The number of alkyl halides is 3. The zero-order chi connectivity index (χ0) is 23.6. The zero-order valence-electron chi connectivity index (χ0n) is 17.0. The number of carbonyl (C=O) groups is 1. The van der Waals surface area contributed by atoms with Gasteiger partial charge < -0.3 is 14.4 Å². The Morgan fingerprint density at radius 1 is 1.09 bits per heavy atom. The second kappa shape index (κ2) is 9.04. The summed E-state index contributed by atoms with van der Waals surface area (Å²) in [6.07, 6.45) is -4.84. The minimum Gasteiger partial charge on any atom is -0.490 e. The largest absolute Gasteiger partial charge is 0.490 e. The van der Waals surface area contributed by atoms with Gasteiger partial charge in [0.2, 0.25) is 5.91 Å². The van der Waals surface area contributed by atoms with Gasteiger partial charge in [0.15, 0.2) is 5.69 Å². The van der Waals surface area contributed by atoms with Crippen LogP contribution in [0.5, 0.6) is 17.2 Å². The molecule has 1 aliphatic heterocycles. The van der Waals surface area contributed by atoms with E-state index in [1.807, 2.05) is 0 Å². The van der Waals surface area contributed by atoms with Gasteiger partial charge in [-0.1, -0.05) is 29.8 Å². The molecule has 1 heterocycles. The molecule has 1 aliphatic rings. The van der Waals surface area contributed by atoms with Crippen molar-refractivity contribution in [1.29, 1.82) is 0 Å². The third-order valence-electron chi connectivity index (χ3n) is 4.99. The maximum absolute atomic E-state index is 13.2. The molecule has 9 heteroatoms. The molecule has 0 fully saturated rings. The molecule has 0 saturated carbocycles. The van der Waals surface area contributed by atoms with E-state index in [9.17, 15) is 18.0 Å². The minimum absolute atomic E-state index is 0.206. The van der Waals surface area contributed by atoms with E-state index in [0.29, 0.717) is 28.6 Å². The highest BCUT2D eigenvalue weighted by molar-refractivity contribution is 6.31. The number of benzene rings is 3. The average Bonchev–Trinajstić information content (AvgIpc) is 2.79. The summed E-state index contributed by atoms with van der Waals surface area (Å²) in [5, 5.41) is -0.415. The molecule has 0 atom stereocenters. The van der Waals surface area contributed by atoms with Crippen molar-refractivity contribution >= 4 is 28.9 Å². The smallest absolute Gasteiger partial charge is 0.417 e. The van der Waals surface area contributed by atoms with Gasteiger partial charge >= 0.3 is 6.18 Å². The molecule has 1 amide bonds. The molecule has 3 aromatic carbocycles. The average molecular weight is 473 g/mol. The van der Waals surface area contributed by atoms with E-state index in [2.05, 4.69) is 4.85 Å². The van der Waals surface area contributed by atoms with E-state index in [4.69, 9.17) is 27.6 Å². The van der Waals surface area contributed by atoms with E-state index in [0.717, 1.165) is 12.1 Å². The van der Waals surface area contributed by atoms with E-state index in [1.165, 1.54) is 11.0 Å². The summed E-state index contributed by atoms with van der Waals surface area (Å²) in [6.45, 7) is 7.51. The Labute approximate surface area is 192 Å². The molecule has 0 radical (unpaired) electrons. The van der Waals surface area contributed by atoms with Crippen LogP contribution in [0.4, 0.5) is 24.5 Å². The van der Waals surface area contributed by atoms with Gasteiger partial charge in [-0.05, 0) is 42.0 Å². The quantitative estimate of drug-likeness (QED) is 0.398. The number of hydrogen-bond donors (Lipinski definition) is 0. The van der Waals surface area contributed by atoms with Crippen molar-refractivity contribution in [3.8, 4) is 17.2 Å². The molecule has 33 heavy (non-hydrogen) atoms. The van der Waals surface area contributed by atoms with E-state index in [-0.39, 0.29) is 31.0 Å². The maximum Gasteiger partial charge on any atom is 0.417 e. The first-order valence-electron chi connectivity index (χ1n) is 9.83. The van der Waals surface area contributed by atoms with Crippen molar-refractivity contribution < 1.29 is 27.4 Å². The lowest BCUT2D eigenvalue weighted by Gasteiger charge is -2.30. The molecule has 0 unspecified atom stereocenters. The lowest BCUT2D eigenvalue weighted by Crippen LogP contribution is -2.38. The molecule has 4 rings (SSSR count). The fourth-order valence-corrected chi connectivity index (χ4v) is 3.64. The van der Waals surface area contributed by atoms with Gasteiger partial charge in [-0.15, -0.1) is 0 Å². The zero-order valence-corrected chi connectivity index (χ0v) is 17.8. The van der Waals surface area contributed by atoms with Crippen LogP contribution in [0.25, 0.3) is 4.85 Å². The summed E-state index contributed by atoms with van der Waals surface area (Å²) in [5.74, 6) is 1.04. The van der Waals surface area contributed by atoms with Crippen LogP contribution in [0.2, 0.25) is 5.02 Å². The van der Waals surface area contributed by atoms with Crippen molar-refractivity contribution in [3.63, 3.8) is 0 Å². The van der Waals surface area contributed by atoms with Crippen molar-refractivity contribution in [3.05, 3.63) is 88.2 Å². The molecule has 3 aromatic rings. The second-order valence-corrected chi connectivity index (χ2v) is 7.63. The highest BCUT2D eigenvalue weighted by Crippen LogP contribution is 2.38. The van der Waals surface area contributed by atoms with Gasteiger partial charge in [-0.2, -0.15) is 13.2 Å². The van der Waals surface area contributed by atoms with Crippen LogP contribution in [0, 0.1) is 6.57 Å². The molecule has 0 saturated heterocycles. The Hall–Kier alpha value is -3.70. The number of fused-ring (bicyclic) bond motifs is 1. The molecule has 0 aromatic heterocycles. The van der Waals surface area contributed by atoms with Gasteiger partial charge in [-0.3, -0.25) is 4.79 Å². The molecule has 5 nitrogen and oxygen atoms in total. The summed E-state index contributed by atoms with van der Waals surface area (Å²) in [7, 11) is 0. The van der Waals surface area contributed by atoms with Crippen molar-refractivity contribution in [1.82, 2.24) is 0 Å². The number of carbonyl (C=O) groups excluding carboxylic acids is 1. The fraction of sp³-hybridized carbons (Fsp3) is 0.167. The lowest BCUT2D eigenvalue weighted by atomic mass is 10.1. The van der Waals surface area contributed by atoms with Gasteiger partial charge in [-0.25, -0.2) is 4.85 Å². The summed E-state index contributed by atoms with van der Waals surface area (Å²) in [5.41, 5.74) is 0.175. The van der Waals surface area contributed by atoms with Crippen LogP contribution in [0.3, 0.4) is 0 Å². The van der Waals surface area contributed by atoms with Crippen LogP contribution in [0.15, 0.2) is 60.7 Å². The molecule has 0 spiro atoms. The van der Waals surface area contributed by atoms with Crippen molar-refractivity contribution in [2.75, 3.05) is 18.1 Å². The number of rotatable bonds is 4. The Kier molecular flexibility index (Phi) is 6.16. The van der Waals surface area contributed by atoms with Gasteiger partial charge in [0.25, 0.3) is 0 Å². The first-order valence-corrected chi connectivity index (χ1v) is 10.2. The maximum atomic E-state index is 13.2. The normalized spacial score (nSPS) is 13.0.